The molecule has 0 unspecified atom stereocenters. The van der Waals surface area contributed by atoms with Crippen LogP contribution in [-0.2, 0) is 4.79 Å². The molecule has 0 rings (SSSR count). The van der Waals surface area contributed by atoms with Crippen LogP contribution in [0.25, 0.3) is 0 Å². The van der Waals surface area contributed by atoms with Crippen molar-refractivity contribution >= 4 is 6.29 Å². The molecule has 0 bridgehead atoms. The van der Waals surface area contributed by atoms with Gasteiger partial charge < -0.3 is 0 Å². The first-order chi connectivity index (χ1) is 4.26. The zero-order valence-electron chi connectivity index (χ0n) is 5.55. The Morgan fingerprint density at radius 1 is 1.56 bits per heavy atom. The Labute approximate surface area is 55.4 Å². The summed E-state index contributed by atoms with van der Waals surface area (Å²) in [5, 5.41) is 0. The van der Waals surface area contributed by atoms with E-state index in [2.05, 4.69) is 13.2 Å². The summed E-state index contributed by atoms with van der Waals surface area (Å²) >= 11 is 0. The van der Waals surface area contributed by atoms with Crippen molar-refractivity contribution in [1.29, 1.82) is 0 Å². The summed E-state index contributed by atoms with van der Waals surface area (Å²) in [5.41, 5.74) is 1.28. The van der Waals surface area contributed by atoms with Crippen LogP contribution in [0.4, 0.5) is 0 Å². The van der Waals surface area contributed by atoms with Crippen LogP contribution in [0.15, 0.2) is 36.5 Å². The highest BCUT2D eigenvalue weighted by Crippen LogP contribution is 2.03. The zero-order valence-corrected chi connectivity index (χ0v) is 5.55. The summed E-state index contributed by atoms with van der Waals surface area (Å²) < 4.78 is 0. The fraction of sp³-hybridized carbons (Fsp3) is 0.125. The molecule has 48 valence electrons. The molecule has 1 nitrogen and oxygen atoms in total. The van der Waals surface area contributed by atoms with Crippen LogP contribution in [0, 0.1) is 0 Å². The summed E-state index contributed by atoms with van der Waals surface area (Å²) in [6.45, 7) is 8.87. The molecule has 0 atom stereocenters. The standard InChI is InChI=1S/C8H10O/c1-4-7(3)8(5-2)6-9/h4-6H,1,3H2,2H3/b8-5-. The molecule has 0 fully saturated rings. The van der Waals surface area contributed by atoms with E-state index >= 15 is 0 Å². The normalized spacial score (nSPS) is 10.6. The van der Waals surface area contributed by atoms with Crippen molar-refractivity contribution in [1.82, 2.24) is 0 Å². The van der Waals surface area contributed by atoms with Crippen molar-refractivity contribution in [3.63, 3.8) is 0 Å². The van der Waals surface area contributed by atoms with Gasteiger partial charge in [-0.3, -0.25) is 4.79 Å². The highest BCUT2D eigenvalue weighted by Gasteiger charge is 1.92. The van der Waals surface area contributed by atoms with Crippen molar-refractivity contribution in [3.05, 3.63) is 36.5 Å². The van der Waals surface area contributed by atoms with Gasteiger partial charge >= 0.3 is 0 Å². The minimum atomic E-state index is 0.602. The number of hydrogen-bond acceptors (Lipinski definition) is 1. The molecule has 0 amide bonds. The van der Waals surface area contributed by atoms with Gasteiger partial charge in [-0.1, -0.05) is 25.3 Å². The Hall–Kier alpha value is -1.11. The van der Waals surface area contributed by atoms with E-state index in [1.807, 2.05) is 0 Å². The van der Waals surface area contributed by atoms with Crippen molar-refractivity contribution in [2.45, 2.75) is 6.92 Å². The van der Waals surface area contributed by atoms with Crippen LogP contribution >= 0.6 is 0 Å². The van der Waals surface area contributed by atoms with Gasteiger partial charge in [-0.2, -0.15) is 0 Å². The average Bonchev–Trinajstić information content (AvgIpc) is 1.90. The highest BCUT2D eigenvalue weighted by atomic mass is 16.1. The first kappa shape index (κ1) is 7.89. The first-order valence-corrected chi connectivity index (χ1v) is 2.69. The predicted molar refractivity (Wildman–Crippen MR) is 39.2 cm³/mol. The molecule has 0 aliphatic heterocycles. The maximum absolute atomic E-state index is 10.2. The van der Waals surface area contributed by atoms with E-state index in [4.69, 9.17) is 0 Å². The summed E-state index contributed by atoms with van der Waals surface area (Å²) in [4.78, 5) is 10.2. The second-order valence-corrected chi connectivity index (χ2v) is 1.59. The number of rotatable bonds is 3. The van der Waals surface area contributed by atoms with E-state index in [0.29, 0.717) is 11.1 Å². The van der Waals surface area contributed by atoms with Gasteiger partial charge in [-0.25, -0.2) is 0 Å². The Morgan fingerprint density at radius 2 is 2.11 bits per heavy atom. The Kier molecular flexibility index (Phi) is 3.37. The largest absolute Gasteiger partial charge is 0.298 e. The maximum Gasteiger partial charge on any atom is 0.150 e. The van der Waals surface area contributed by atoms with Gasteiger partial charge in [0.15, 0.2) is 0 Å². The third kappa shape index (κ3) is 2.08. The molecule has 0 aromatic carbocycles. The lowest BCUT2D eigenvalue weighted by Gasteiger charge is -1.93. The van der Waals surface area contributed by atoms with E-state index in [1.54, 1.807) is 19.1 Å². The van der Waals surface area contributed by atoms with E-state index < -0.39 is 0 Å². The average molecular weight is 122 g/mol. The van der Waals surface area contributed by atoms with Crippen molar-refractivity contribution in [3.8, 4) is 0 Å². The number of aldehydes is 1. The predicted octanol–water partition coefficient (Wildman–Crippen LogP) is 1.87. The molecular weight excluding hydrogens is 112 g/mol. The van der Waals surface area contributed by atoms with Gasteiger partial charge in [0, 0.05) is 5.57 Å². The molecule has 0 saturated heterocycles. The molecule has 0 aliphatic carbocycles. The Morgan fingerprint density at radius 3 is 2.22 bits per heavy atom. The zero-order chi connectivity index (χ0) is 7.28. The van der Waals surface area contributed by atoms with Gasteiger partial charge in [-0.05, 0) is 12.5 Å². The Bertz CT molecular complexity index is 163. The van der Waals surface area contributed by atoms with Gasteiger partial charge in [-0.15, -0.1) is 0 Å². The number of carbonyl (C=O) groups excluding carboxylic acids is 1. The van der Waals surface area contributed by atoms with E-state index in [-0.39, 0.29) is 0 Å². The lowest BCUT2D eigenvalue weighted by molar-refractivity contribution is -0.104. The molecule has 9 heavy (non-hydrogen) atoms. The van der Waals surface area contributed by atoms with Crippen LogP contribution < -0.4 is 0 Å². The van der Waals surface area contributed by atoms with E-state index in [0.717, 1.165) is 6.29 Å². The fourth-order valence-electron chi connectivity index (χ4n) is 0.447. The van der Waals surface area contributed by atoms with Gasteiger partial charge in [0.25, 0.3) is 0 Å². The van der Waals surface area contributed by atoms with Gasteiger partial charge in [0.05, 0.1) is 0 Å². The maximum atomic E-state index is 10.2. The molecule has 0 saturated carbocycles. The van der Waals surface area contributed by atoms with E-state index in [9.17, 15) is 4.79 Å². The lowest BCUT2D eigenvalue weighted by atomic mass is 10.1. The first-order valence-electron chi connectivity index (χ1n) is 2.69. The highest BCUT2D eigenvalue weighted by molar-refractivity contribution is 5.81. The van der Waals surface area contributed by atoms with E-state index in [1.165, 1.54) is 0 Å². The number of hydrogen-bond donors (Lipinski definition) is 0. The molecule has 0 aromatic rings. The third-order valence-electron chi connectivity index (χ3n) is 1.06. The summed E-state index contributed by atoms with van der Waals surface area (Å²) in [6, 6.07) is 0. The summed E-state index contributed by atoms with van der Waals surface area (Å²) in [5.74, 6) is 0. The van der Waals surface area contributed by atoms with Crippen LogP contribution in [0.3, 0.4) is 0 Å². The monoisotopic (exact) mass is 122 g/mol. The lowest BCUT2D eigenvalue weighted by Crippen LogP contribution is -1.83. The van der Waals surface area contributed by atoms with Gasteiger partial charge in [0.2, 0.25) is 0 Å². The molecular formula is C8H10O. The van der Waals surface area contributed by atoms with Crippen LogP contribution in [0.1, 0.15) is 6.92 Å². The SMILES string of the molecule is C=CC(=C)/C(C=O)=C\C. The molecule has 0 aromatic heterocycles. The number of allylic oxidation sites excluding steroid dienone is 4. The molecule has 0 radical (unpaired) electrons. The molecule has 0 spiro atoms. The minimum absolute atomic E-state index is 0.602. The molecule has 1 heteroatoms. The molecule has 0 aliphatic rings. The quantitative estimate of drug-likeness (QED) is 0.317. The van der Waals surface area contributed by atoms with Gasteiger partial charge in [0.1, 0.15) is 6.29 Å². The van der Waals surface area contributed by atoms with Crippen LogP contribution in [-0.4, -0.2) is 6.29 Å². The minimum Gasteiger partial charge on any atom is -0.298 e. The smallest absolute Gasteiger partial charge is 0.150 e. The van der Waals surface area contributed by atoms with Crippen molar-refractivity contribution in [2.75, 3.05) is 0 Å². The molecule has 0 heterocycles. The Balaban J connectivity index is 4.31. The summed E-state index contributed by atoms with van der Waals surface area (Å²) in [6.07, 6.45) is 4.03. The van der Waals surface area contributed by atoms with Crippen LogP contribution in [0.5, 0.6) is 0 Å². The summed E-state index contributed by atoms with van der Waals surface area (Å²) in [7, 11) is 0. The van der Waals surface area contributed by atoms with Crippen LogP contribution in [0.2, 0.25) is 0 Å². The van der Waals surface area contributed by atoms with Crippen molar-refractivity contribution < 1.29 is 4.79 Å². The van der Waals surface area contributed by atoms with Crippen molar-refractivity contribution in [2.24, 2.45) is 0 Å². The second-order valence-electron chi connectivity index (χ2n) is 1.59. The molecule has 0 N–H and O–H groups in total. The fourth-order valence-corrected chi connectivity index (χ4v) is 0.447. The third-order valence-corrected chi connectivity index (χ3v) is 1.06. The topological polar surface area (TPSA) is 17.1 Å². The second kappa shape index (κ2) is 3.84. The number of carbonyl (C=O) groups is 1.